The quantitative estimate of drug-likeness (QED) is 0.694. The maximum absolute atomic E-state index is 12.1. The summed E-state index contributed by atoms with van der Waals surface area (Å²) in [4.78, 5) is 10.6. The summed E-state index contributed by atoms with van der Waals surface area (Å²) in [6.45, 7) is 0. The largest absolute Gasteiger partial charge is 0.425 e. The molecule has 0 fully saturated rings. The molecule has 0 saturated carbocycles. The number of anilines is 1. The van der Waals surface area contributed by atoms with E-state index in [1.807, 2.05) is 0 Å². The number of halogens is 3. The van der Waals surface area contributed by atoms with Gasteiger partial charge in [0.1, 0.15) is 4.88 Å². The third-order valence-corrected chi connectivity index (χ3v) is 2.86. The second kappa shape index (κ2) is 2.47. The number of amides is 1. The SMILES string of the molecule is O=C1Cc2sc(C(F)(F)F)cc2N1. The second-order valence-electron chi connectivity index (χ2n) is 2.67. The monoisotopic (exact) mass is 207 g/mol. The maximum atomic E-state index is 12.1. The molecule has 2 nitrogen and oxygen atoms in total. The Morgan fingerprint density at radius 2 is 2.15 bits per heavy atom. The van der Waals surface area contributed by atoms with Crippen LogP contribution in [0.4, 0.5) is 18.9 Å². The number of carbonyl (C=O) groups excluding carboxylic acids is 1. The lowest BCUT2D eigenvalue weighted by molar-refractivity contribution is -0.134. The van der Waals surface area contributed by atoms with Crippen LogP contribution in [0.15, 0.2) is 6.07 Å². The predicted molar refractivity (Wildman–Crippen MR) is 41.7 cm³/mol. The minimum atomic E-state index is -4.31. The summed E-state index contributed by atoms with van der Waals surface area (Å²) in [5.74, 6) is -0.241. The molecule has 0 unspecified atom stereocenters. The van der Waals surface area contributed by atoms with E-state index in [2.05, 4.69) is 5.32 Å². The lowest BCUT2D eigenvalue weighted by atomic mass is 10.3. The van der Waals surface area contributed by atoms with Gasteiger partial charge in [0.2, 0.25) is 5.91 Å². The third-order valence-electron chi connectivity index (χ3n) is 1.68. The highest BCUT2D eigenvalue weighted by molar-refractivity contribution is 7.13. The van der Waals surface area contributed by atoms with E-state index in [9.17, 15) is 18.0 Å². The van der Waals surface area contributed by atoms with Gasteiger partial charge in [-0.2, -0.15) is 13.2 Å². The zero-order chi connectivity index (χ0) is 9.64. The number of hydrogen-bond acceptors (Lipinski definition) is 2. The average Bonchev–Trinajstić information content (AvgIpc) is 2.40. The van der Waals surface area contributed by atoms with E-state index in [0.29, 0.717) is 21.9 Å². The highest BCUT2D eigenvalue weighted by Gasteiger charge is 2.35. The van der Waals surface area contributed by atoms with E-state index in [0.717, 1.165) is 6.07 Å². The Hall–Kier alpha value is -1.04. The first kappa shape index (κ1) is 8.55. The Kier molecular flexibility index (Phi) is 1.63. The Balaban J connectivity index is 2.37. The molecular weight excluding hydrogens is 203 g/mol. The molecule has 70 valence electrons. The van der Waals surface area contributed by atoms with Crippen LogP contribution in [0.1, 0.15) is 9.75 Å². The van der Waals surface area contributed by atoms with Crippen LogP contribution in [-0.4, -0.2) is 5.91 Å². The van der Waals surface area contributed by atoms with Crippen molar-refractivity contribution in [2.24, 2.45) is 0 Å². The van der Waals surface area contributed by atoms with Gasteiger partial charge in [0, 0.05) is 4.88 Å². The zero-order valence-electron chi connectivity index (χ0n) is 6.23. The van der Waals surface area contributed by atoms with Crippen LogP contribution >= 0.6 is 11.3 Å². The number of hydrogen-bond donors (Lipinski definition) is 1. The van der Waals surface area contributed by atoms with Crippen molar-refractivity contribution in [2.45, 2.75) is 12.6 Å². The summed E-state index contributed by atoms with van der Waals surface area (Å²) in [6.07, 6.45) is -4.24. The molecule has 1 amide bonds. The molecule has 0 saturated heterocycles. The van der Waals surface area contributed by atoms with E-state index in [1.165, 1.54) is 0 Å². The van der Waals surface area contributed by atoms with Crippen molar-refractivity contribution in [3.05, 3.63) is 15.8 Å². The van der Waals surface area contributed by atoms with Crippen LogP contribution in [0, 0.1) is 0 Å². The van der Waals surface area contributed by atoms with Crippen LogP contribution in [0.25, 0.3) is 0 Å². The molecule has 0 bridgehead atoms. The first-order valence-electron chi connectivity index (χ1n) is 3.46. The summed E-state index contributed by atoms with van der Waals surface area (Å²) < 4.78 is 36.4. The van der Waals surface area contributed by atoms with Crippen molar-refractivity contribution in [1.82, 2.24) is 0 Å². The van der Waals surface area contributed by atoms with Crippen molar-refractivity contribution in [2.75, 3.05) is 5.32 Å². The van der Waals surface area contributed by atoms with Crippen LogP contribution in [-0.2, 0) is 17.4 Å². The number of nitrogens with one attached hydrogen (secondary N) is 1. The van der Waals surface area contributed by atoms with E-state index in [-0.39, 0.29) is 12.3 Å². The fraction of sp³-hybridized carbons (Fsp3) is 0.286. The Bertz CT molecular complexity index is 343. The van der Waals surface area contributed by atoms with Gasteiger partial charge in [0.15, 0.2) is 0 Å². The highest BCUT2D eigenvalue weighted by atomic mass is 32.1. The standard InChI is InChI=1S/C7H4F3NOS/c8-7(9,10)5-1-3-4(13-5)2-6(12)11-3/h1H,2H2,(H,11,12). The van der Waals surface area contributed by atoms with Gasteiger partial charge in [0.05, 0.1) is 12.1 Å². The van der Waals surface area contributed by atoms with Gasteiger partial charge in [-0.05, 0) is 6.07 Å². The minimum Gasteiger partial charge on any atom is -0.325 e. The number of fused-ring (bicyclic) bond motifs is 1. The van der Waals surface area contributed by atoms with Crippen molar-refractivity contribution in [3.8, 4) is 0 Å². The van der Waals surface area contributed by atoms with E-state index < -0.39 is 11.1 Å². The minimum absolute atomic E-state index is 0.0656. The molecule has 2 heterocycles. The van der Waals surface area contributed by atoms with Gasteiger partial charge in [-0.1, -0.05) is 0 Å². The van der Waals surface area contributed by atoms with Crippen molar-refractivity contribution < 1.29 is 18.0 Å². The normalized spacial score (nSPS) is 15.8. The summed E-state index contributed by atoms with van der Waals surface area (Å²) in [5, 5.41) is 2.36. The third kappa shape index (κ3) is 1.41. The molecule has 0 aromatic carbocycles. The molecule has 0 aliphatic carbocycles. The van der Waals surface area contributed by atoms with Crippen molar-refractivity contribution in [3.63, 3.8) is 0 Å². The van der Waals surface area contributed by atoms with Gasteiger partial charge in [-0.15, -0.1) is 11.3 Å². The molecule has 6 heteroatoms. The second-order valence-corrected chi connectivity index (χ2v) is 3.81. The first-order valence-corrected chi connectivity index (χ1v) is 4.28. The summed E-state index contributed by atoms with van der Waals surface area (Å²) in [6, 6.07) is 0.977. The Morgan fingerprint density at radius 1 is 1.46 bits per heavy atom. The molecule has 1 aromatic heterocycles. The van der Waals surface area contributed by atoms with Gasteiger partial charge >= 0.3 is 6.18 Å². The van der Waals surface area contributed by atoms with E-state index >= 15 is 0 Å². The first-order chi connectivity index (χ1) is 5.97. The van der Waals surface area contributed by atoms with Crippen molar-refractivity contribution >= 4 is 22.9 Å². The maximum Gasteiger partial charge on any atom is 0.425 e. The number of rotatable bonds is 0. The fourth-order valence-electron chi connectivity index (χ4n) is 1.15. The van der Waals surface area contributed by atoms with Gasteiger partial charge in [0.25, 0.3) is 0 Å². The zero-order valence-corrected chi connectivity index (χ0v) is 7.05. The van der Waals surface area contributed by atoms with Crippen LogP contribution in [0.5, 0.6) is 0 Å². The molecule has 2 rings (SSSR count). The predicted octanol–water partition coefficient (Wildman–Crippen LogP) is 2.26. The lowest BCUT2D eigenvalue weighted by Gasteiger charge is -2.01. The summed E-state index contributed by atoms with van der Waals surface area (Å²) in [5.41, 5.74) is 0.308. The Morgan fingerprint density at radius 3 is 2.69 bits per heavy atom. The van der Waals surface area contributed by atoms with Gasteiger partial charge in [-0.25, -0.2) is 0 Å². The molecule has 1 aliphatic rings. The molecule has 1 aromatic rings. The van der Waals surface area contributed by atoms with Crippen LogP contribution in [0.3, 0.4) is 0 Å². The van der Waals surface area contributed by atoms with Gasteiger partial charge in [-0.3, -0.25) is 4.79 Å². The molecule has 0 radical (unpaired) electrons. The summed E-state index contributed by atoms with van der Waals surface area (Å²) >= 11 is 0.624. The van der Waals surface area contributed by atoms with Gasteiger partial charge < -0.3 is 5.32 Å². The lowest BCUT2D eigenvalue weighted by Crippen LogP contribution is -2.06. The number of thiophene rings is 1. The molecule has 1 N–H and O–H groups in total. The van der Waals surface area contributed by atoms with Crippen LogP contribution in [0.2, 0.25) is 0 Å². The molecule has 13 heavy (non-hydrogen) atoms. The highest BCUT2D eigenvalue weighted by Crippen LogP contribution is 2.40. The topological polar surface area (TPSA) is 29.1 Å². The summed E-state index contributed by atoms with van der Waals surface area (Å²) in [7, 11) is 0. The van der Waals surface area contributed by atoms with Crippen LogP contribution < -0.4 is 5.32 Å². The number of alkyl halides is 3. The molecule has 0 atom stereocenters. The smallest absolute Gasteiger partial charge is 0.325 e. The van der Waals surface area contributed by atoms with E-state index in [4.69, 9.17) is 0 Å². The van der Waals surface area contributed by atoms with Crippen molar-refractivity contribution in [1.29, 1.82) is 0 Å². The molecule has 0 spiro atoms. The van der Waals surface area contributed by atoms with E-state index in [1.54, 1.807) is 0 Å². The Labute approximate surface area is 75.4 Å². The fourth-order valence-corrected chi connectivity index (χ4v) is 2.13. The molecule has 1 aliphatic heterocycles. The molecular formula is C7H4F3NOS. The number of carbonyl (C=O) groups is 1. The average molecular weight is 207 g/mol.